The van der Waals surface area contributed by atoms with Gasteiger partial charge in [-0.15, -0.1) is 0 Å². The molecule has 3 nitrogen and oxygen atoms in total. The van der Waals surface area contributed by atoms with E-state index in [1.165, 1.54) is 17.8 Å². The molecule has 1 aromatic heterocycles. The van der Waals surface area contributed by atoms with Crippen LogP contribution >= 0.6 is 0 Å². The van der Waals surface area contributed by atoms with Gasteiger partial charge in [0.15, 0.2) is 0 Å². The van der Waals surface area contributed by atoms with Crippen molar-refractivity contribution in [3.63, 3.8) is 0 Å². The minimum atomic E-state index is 0.285. The molecular formula is C17H33N3. The fraction of sp³-hybridized carbons (Fsp3) is 0.824. The summed E-state index contributed by atoms with van der Waals surface area (Å²) in [6.07, 6.45) is 3.32. The number of nitrogens with one attached hydrogen (secondary N) is 1. The van der Waals surface area contributed by atoms with Crippen molar-refractivity contribution in [2.24, 2.45) is 11.3 Å². The minimum Gasteiger partial charge on any atom is -0.316 e. The Hall–Kier alpha value is -0.830. The molecule has 0 aromatic carbocycles. The van der Waals surface area contributed by atoms with Gasteiger partial charge in [-0.2, -0.15) is 5.10 Å². The van der Waals surface area contributed by atoms with E-state index in [0.717, 1.165) is 32.5 Å². The third-order valence-electron chi connectivity index (χ3n) is 4.51. The summed E-state index contributed by atoms with van der Waals surface area (Å²) in [6, 6.07) is 2.30. The van der Waals surface area contributed by atoms with Gasteiger partial charge in [0.25, 0.3) is 0 Å². The summed E-state index contributed by atoms with van der Waals surface area (Å²) in [5.41, 5.74) is 2.89. The van der Waals surface area contributed by atoms with Gasteiger partial charge in [-0.25, -0.2) is 0 Å². The molecule has 1 aromatic rings. The maximum Gasteiger partial charge on any atom is 0.0624 e. The molecule has 0 aliphatic rings. The second-order valence-corrected chi connectivity index (χ2v) is 6.46. The average molecular weight is 279 g/mol. The van der Waals surface area contributed by atoms with Crippen LogP contribution in [0.1, 0.15) is 59.4 Å². The molecule has 1 unspecified atom stereocenters. The van der Waals surface area contributed by atoms with Crippen LogP contribution in [-0.2, 0) is 19.4 Å². The van der Waals surface area contributed by atoms with Gasteiger partial charge < -0.3 is 5.32 Å². The van der Waals surface area contributed by atoms with E-state index in [1.807, 2.05) is 0 Å². The Bertz CT molecular complexity index is 395. The van der Waals surface area contributed by atoms with Crippen molar-refractivity contribution in [2.45, 2.75) is 67.3 Å². The summed E-state index contributed by atoms with van der Waals surface area (Å²) in [6.45, 7) is 16.8. The number of rotatable bonds is 9. The van der Waals surface area contributed by atoms with Crippen molar-refractivity contribution < 1.29 is 0 Å². The van der Waals surface area contributed by atoms with Crippen molar-refractivity contribution in [1.82, 2.24) is 15.1 Å². The molecule has 3 heteroatoms. The molecule has 0 bridgehead atoms. The molecule has 116 valence electrons. The van der Waals surface area contributed by atoms with Gasteiger partial charge in [0, 0.05) is 18.8 Å². The van der Waals surface area contributed by atoms with Gasteiger partial charge in [-0.05, 0) is 50.1 Å². The van der Waals surface area contributed by atoms with Crippen LogP contribution in [0, 0.1) is 11.3 Å². The van der Waals surface area contributed by atoms with Gasteiger partial charge in [-0.1, -0.05) is 34.6 Å². The highest BCUT2D eigenvalue weighted by molar-refractivity contribution is 5.13. The first-order valence-electron chi connectivity index (χ1n) is 8.23. The van der Waals surface area contributed by atoms with Crippen molar-refractivity contribution in [1.29, 1.82) is 0 Å². The van der Waals surface area contributed by atoms with Crippen molar-refractivity contribution in [3.05, 3.63) is 17.5 Å². The fourth-order valence-corrected chi connectivity index (χ4v) is 2.54. The number of aryl methyl sites for hydroxylation is 2. The lowest BCUT2D eigenvalue weighted by Gasteiger charge is -2.34. The van der Waals surface area contributed by atoms with Crippen LogP contribution < -0.4 is 5.32 Å². The number of aromatic nitrogens is 2. The predicted octanol–water partition coefficient (Wildman–Crippen LogP) is 3.67. The molecule has 0 saturated carbocycles. The van der Waals surface area contributed by atoms with E-state index >= 15 is 0 Å². The first-order valence-corrected chi connectivity index (χ1v) is 8.23. The van der Waals surface area contributed by atoms with Crippen LogP contribution in [0.5, 0.6) is 0 Å². The van der Waals surface area contributed by atoms with E-state index < -0.39 is 0 Å². The third kappa shape index (κ3) is 4.34. The zero-order valence-corrected chi connectivity index (χ0v) is 14.3. The van der Waals surface area contributed by atoms with E-state index in [4.69, 9.17) is 0 Å². The second kappa shape index (κ2) is 7.82. The Morgan fingerprint density at radius 3 is 2.50 bits per heavy atom. The molecule has 0 amide bonds. The lowest BCUT2D eigenvalue weighted by molar-refractivity contribution is 0.203. The SMILES string of the molecule is CCCNCC(C)(Cc1cc(CC)nn1CC)C(C)C. The normalized spacial score (nSPS) is 14.8. The van der Waals surface area contributed by atoms with Crippen molar-refractivity contribution in [2.75, 3.05) is 13.1 Å². The minimum absolute atomic E-state index is 0.285. The van der Waals surface area contributed by atoms with Crippen LogP contribution in [-0.4, -0.2) is 22.9 Å². The smallest absolute Gasteiger partial charge is 0.0624 e. The highest BCUT2D eigenvalue weighted by Crippen LogP contribution is 2.31. The van der Waals surface area contributed by atoms with Crippen LogP contribution in [0.4, 0.5) is 0 Å². The largest absolute Gasteiger partial charge is 0.316 e. The van der Waals surface area contributed by atoms with Crippen molar-refractivity contribution in [3.8, 4) is 0 Å². The third-order valence-corrected chi connectivity index (χ3v) is 4.51. The highest BCUT2D eigenvalue weighted by Gasteiger charge is 2.29. The Kier molecular flexibility index (Phi) is 6.74. The summed E-state index contributed by atoms with van der Waals surface area (Å²) in [4.78, 5) is 0. The van der Waals surface area contributed by atoms with Crippen LogP contribution in [0.15, 0.2) is 6.07 Å². The second-order valence-electron chi connectivity index (χ2n) is 6.46. The summed E-state index contributed by atoms with van der Waals surface area (Å²) in [5, 5.41) is 8.29. The van der Waals surface area contributed by atoms with Gasteiger partial charge in [-0.3, -0.25) is 4.68 Å². The molecule has 0 saturated heterocycles. The van der Waals surface area contributed by atoms with E-state index in [9.17, 15) is 0 Å². The predicted molar refractivity (Wildman–Crippen MR) is 87.1 cm³/mol. The van der Waals surface area contributed by atoms with Gasteiger partial charge in [0.2, 0.25) is 0 Å². The van der Waals surface area contributed by atoms with Crippen LogP contribution in [0.2, 0.25) is 0 Å². The number of hydrogen-bond acceptors (Lipinski definition) is 2. The van der Waals surface area contributed by atoms with Gasteiger partial charge in [0.05, 0.1) is 5.69 Å². The fourth-order valence-electron chi connectivity index (χ4n) is 2.54. The maximum atomic E-state index is 4.68. The summed E-state index contributed by atoms with van der Waals surface area (Å²) < 4.78 is 2.18. The quantitative estimate of drug-likeness (QED) is 0.699. The summed E-state index contributed by atoms with van der Waals surface area (Å²) in [7, 11) is 0. The Morgan fingerprint density at radius 1 is 1.30 bits per heavy atom. The molecule has 0 radical (unpaired) electrons. The Morgan fingerprint density at radius 2 is 2.00 bits per heavy atom. The molecule has 20 heavy (non-hydrogen) atoms. The molecule has 1 rings (SSSR count). The lowest BCUT2D eigenvalue weighted by atomic mass is 9.75. The zero-order chi connectivity index (χ0) is 15.2. The molecule has 0 fully saturated rings. The Labute approximate surface area is 125 Å². The van der Waals surface area contributed by atoms with E-state index in [2.05, 4.69) is 62.7 Å². The first kappa shape index (κ1) is 17.2. The molecule has 1 atom stereocenters. The van der Waals surface area contributed by atoms with E-state index in [1.54, 1.807) is 0 Å². The number of nitrogens with zero attached hydrogens (tertiary/aromatic N) is 2. The monoisotopic (exact) mass is 279 g/mol. The van der Waals surface area contributed by atoms with Gasteiger partial charge in [0.1, 0.15) is 0 Å². The maximum absolute atomic E-state index is 4.68. The molecule has 0 aliphatic heterocycles. The zero-order valence-electron chi connectivity index (χ0n) is 14.3. The Balaban J connectivity index is 2.86. The van der Waals surface area contributed by atoms with E-state index in [0.29, 0.717) is 5.92 Å². The molecule has 1 heterocycles. The first-order chi connectivity index (χ1) is 9.46. The van der Waals surface area contributed by atoms with Crippen LogP contribution in [0.3, 0.4) is 0 Å². The topological polar surface area (TPSA) is 29.9 Å². The molecule has 0 spiro atoms. The summed E-state index contributed by atoms with van der Waals surface area (Å²) >= 11 is 0. The van der Waals surface area contributed by atoms with Crippen LogP contribution in [0.25, 0.3) is 0 Å². The van der Waals surface area contributed by atoms with Crippen molar-refractivity contribution >= 4 is 0 Å². The standard InChI is InChI=1S/C17H33N3/c1-7-10-18-13-17(6,14(4)5)12-16-11-15(8-2)19-20(16)9-3/h11,14,18H,7-10,12-13H2,1-6H3. The summed E-state index contributed by atoms with van der Waals surface area (Å²) in [5.74, 6) is 0.650. The number of hydrogen-bond donors (Lipinski definition) is 1. The van der Waals surface area contributed by atoms with Gasteiger partial charge >= 0.3 is 0 Å². The highest BCUT2D eigenvalue weighted by atomic mass is 15.3. The average Bonchev–Trinajstić information content (AvgIpc) is 2.81. The van der Waals surface area contributed by atoms with E-state index in [-0.39, 0.29) is 5.41 Å². The molecular weight excluding hydrogens is 246 g/mol. The lowest BCUT2D eigenvalue weighted by Crippen LogP contribution is -2.38. The molecule has 1 N–H and O–H groups in total. The molecule has 0 aliphatic carbocycles.